The molecule has 1 aliphatic carbocycles. The summed E-state index contributed by atoms with van der Waals surface area (Å²) in [5.74, 6) is 1.46. The summed E-state index contributed by atoms with van der Waals surface area (Å²) in [6.45, 7) is 10.8. The Labute approximate surface area is 162 Å². The third-order valence-corrected chi connectivity index (χ3v) is 7.73. The smallest absolute Gasteiger partial charge is 0.302 e. The molecule has 0 radical (unpaired) electrons. The van der Waals surface area contributed by atoms with E-state index in [1.165, 1.54) is 6.92 Å². The van der Waals surface area contributed by atoms with Crippen molar-refractivity contribution in [3.63, 3.8) is 0 Å². The Morgan fingerprint density at radius 2 is 2.04 bits per heavy atom. The van der Waals surface area contributed by atoms with Crippen LogP contribution in [0.5, 0.6) is 0 Å². The summed E-state index contributed by atoms with van der Waals surface area (Å²) in [5.41, 5.74) is 0.536. The zero-order valence-corrected chi connectivity index (χ0v) is 17.2. The molecule has 10 atom stereocenters. The molecule has 0 unspecified atom stereocenters. The highest BCUT2D eigenvalue weighted by molar-refractivity contribution is 5.66. The van der Waals surface area contributed by atoms with E-state index in [1.807, 2.05) is 6.92 Å². The van der Waals surface area contributed by atoms with Gasteiger partial charge in [-0.05, 0) is 56.4 Å². The van der Waals surface area contributed by atoms with Crippen LogP contribution in [0.3, 0.4) is 0 Å². The van der Waals surface area contributed by atoms with Crippen molar-refractivity contribution >= 4 is 5.97 Å². The molecule has 5 nitrogen and oxygen atoms in total. The van der Waals surface area contributed by atoms with Gasteiger partial charge in [0.05, 0.1) is 30.5 Å². The molecule has 4 aliphatic rings. The van der Waals surface area contributed by atoms with Crippen molar-refractivity contribution in [2.75, 3.05) is 6.61 Å². The summed E-state index contributed by atoms with van der Waals surface area (Å²) in [6.07, 6.45) is 3.80. The molecular formula is C22H34O5. The van der Waals surface area contributed by atoms with E-state index < -0.39 is 11.7 Å². The standard InChI is InChI=1S/C22H34O5/c1-11-9-17-19-18-15(8-12(2)20(19)26-14(4)23)13(3)10-25-22(5,21(18)27-17)7-6-16(11)24/h9,12-13,15-21,24H,6-8,10H2,1-5H3/b11-9-/t12-,13+,15+,16-,17+,18+,19+,20-,21+,22+/m1/s1. The molecule has 4 rings (SSSR count). The molecule has 1 saturated carbocycles. The van der Waals surface area contributed by atoms with Crippen LogP contribution in [0.2, 0.25) is 0 Å². The van der Waals surface area contributed by atoms with Gasteiger partial charge in [-0.2, -0.15) is 0 Å². The van der Waals surface area contributed by atoms with Crippen molar-refractivity contribution in [2.45, 2.75) is 83.9 Å². The molecule has 0 aromatic heterocycles. The lowest BCUT2D eigenvalue weighted by molar-refractivity contribution is -0.159. The largest absolute Gasteiger partial charge is 0.462 e. The number of esters is 1. The minimum absolute atomic E-state index is 0.0256. The zero-order valence-electron chi connectivity index (χ0n) is 17.2. The van der Waals surface area contributed by atoms with Gasteiger partial charge < -0.3 is 19.3 Å². The Kier molecular flexibility index (Phi) is 4.93. The van der Waals surface area contributed by atoms with E-state index in [1.54, 1.807) is 0 Å². The molecule has 2 saturated heterocycles. The van der Waals surface area contributed by atoms with Crippen molar-refractivity contribution in [1.82, 2.24) is 0 Å². The molecule has 152 valence electrons. The molecule has 0 aromatic rings. The van der Waals surface area contributed by atoms with E-state index in [0.29, 0.717) is 30.1 Å². The van der Waals surface area contributed by atoms with Gasteiger partial charge in [0.25, 0.3) is 0 Å². The molecule has 3 aliphatic heterocycles. The van der Waals surface area contributed by atoms with Gasteiger partial charge in [-0.15, -0.1) is 0 Å². The van der Waals surface area contributed by atoms with Gasteiger partial charge in [0.1, 0.15) is 6.10 Å². The molecular weight excluding hydrogens is 344 g/mol. The number of hydrogen-bond donors (Lipinski definition) is 1. The Morgan fingerprint density at radius 1 is 1.30 bits per heavy atom. The van der Waals surface area contributed by atoms with Crippen molar-refractivity contribution in [2.24, 2.45) is 29.6 Å². The van der Waals surface area contributed by atoms with E-state index in [4.69, 9.17) is 14.2 Å². The van der Waals surface area contributed by atoms with Gasteiger partial charge in [0, 0.05) is 18.8 Å². The Morgan fingerprint density at radius 3 is 2.74 bits per heavy atom. The zero-order chi connectivity index (χ0) is 19.5. The normalized spacial score (nSPS) is 54.0. The van der Waals surface area contributed by atoms with Crippen LogP contribution in [0.4, 0.5) is 0 Å². The van der Waals surface area contributed by atoms with Gasteiger partial charge >= 0.3 is 5.97 Å². The van der Waals surface area contributed by atoms with Crippen molar-refractivity contribution in [1.29, 1.82) is 0 Å². The van der Waals surface area contributed by atoms with E-state index >= 15 is 0 Å². The SMILES string of the molecule is CC(=O)O[C@H]1[C@@H]2[C@@H]3[C@@H](C[C@H]1C)[C@@H](C)CO[C@@]1(C)CC[C@@H](O)/C(C)=C\[C@@H]2O[C@@H]31. The number of carbonyl (C=O) groups excluding carboxylic acids is 1. The van der Waals surface area contributed by atoms with E-state index in [2.05, 4.69) is 26.8 Å². The highest BCUT2D eigenvalue weighted by Crippen LogP contribution is 2.57. The van der Waals surface area contributed by atoms with Crippen LogP contribution < -0.4 is 0 Å². The average molecular weight is 379 g/mol. The Hall–Kier alpha value is -0.910. The number of aliphatic hydroxyl groups excluding tert-OH is 1. The monoisotopic (exact) mass is 378 g/mol. The predicted octanol–water partition coefficient (Wildman–Crippen LogP) is 3.10. The minimum atomic E-state index is -0.475. The summed E-state index contributed by atoms with van der Waals surface area (Å²) in [6, 6.07) is 0. The van der Waals surface area contributed by atoms with Crippen LogP contribution in [-0.4, -0.2) is 47.7 Å². The third kappa shape index (κ3) is 3.16. The predicted molar refractivity (Wildman–Crippen MR) is 101 cm³/mol. The van der Waals surface area contributed by atoms with E-state index in [-0.39, 0.29) is 30.2 Å². The molecule has 1 N–H and O–H groups in total. The highest BCUT2D eigenvalue weighted by atomic mass is 16.6. The molecule has 0 aromatic carbocycles. The molecule has 3 heterocycles. The molecule has 2 bridgehead atoms. The minimum Gasteiger partial charge on any atom is -0.462 e. The summed E-state index contributed by atoms with van der Waals surface area (Å²) >= 11 is 0. The van der Waals surface area contributed by atoms with Crippen molar-refractivity contribution in [3.05, 3.63) is 11.6 Å². The average Bonchev–Trinajstić information content (AvgIpc) is 2.95. The number of hydrogen-bond acceptors (Lipinski definition) is 5. The van der Waals surface area contributed by atoms with Gasteiger partial charge in [0.15, 0.2) is 0 Å². The van der Waals surface area contributed by atoms with Gasteiger partial charge in [-0.25, -0.2) is 0 Å². The number of aliphatic hydroxyl groups is 1. The van der Waals surface area contributed by atoms with Crippen molar-refractivity contribution < 1.29 is 24.1 Å². The fourth-order valence-corrected chi connectivity index (χ4v) is 6.25. The van der Waals surface area contributed by atoms with Crippen molar-refractivity contribution in [3.8, 4) is 0 Å². The second-order valence-corrected chi connectivity index (χ2v) is 9.69. The fraction of sp³-hybridized carbons (Fsp3) is 0.864. The molecule has 0 spiro atoms. The molecule has 27 heavy (non-hydrogen) atoms. The number of ether oxygens (including phenoxy) is 3. The van der Waals surface area contributed by atoms with Crippen LogP contribution in [0.25, 0.3) is 0 Å². The molecule has 0 amide bonds. The fourth-order valence-electron chi connectivity index (χ4n) is 6.25. The highest BCUT2D eigenvalue weighted by Gasteiger charge is 2.62. The lowest BCUT2D eigenvalue weighted by Crippen LogP contribution is -2.52. The van der Waals surface area contributed by atoms with Crippen LogP contribution in [0, 0.1) is 29.6 Å². The second kappa shape index (κ2) is 6.85. The quantitative estimate of drug-likeness (QED) is 0.561. The van der Waals surface area contributed by atoms with Crippen LogP contribution in [-0.2, 0) is 19.0 Å². The Balaban J connectivity index is 1.82. The third-order valence-electron chi connectivity index (χ3n) is 7.73. The summed E-state index contributed by atoms with van der Waals surface area (Å²) in [4.78, 5) is 11.9. The maximum atomic E-state index is 11.9. The van der Waals surface area contributed by atoms with Gasteiger partial charge in [-0.1, -0.05) is 19.9 Å². The first-order valence-electron chi connectivity index (χ1n) is 10.5. The van der Waals surface area contributed by atoms with E-state index in [0.717, 1.165) is 25.0 Å². The second-order valence-electron chi connectivity index (χ2n) is 9.69. The maximum Gasteiger partial charge on any atom is 0.302 e. The number of rotatable bonds is 1. The summed E-state index contributed by atoms with van der Waals surface area (Å²) in [5, 5.41) is 10.6. The first kappa shape index (κ1) is 19.4. The topological polar surface area (TPSA) is 65.0 Å². The first-order chi connectivity index (χ1) is 12.7. The lowest BCUT2D eigenvalue weighted by atomic mass is 9.59. The summed E-state index contributed by atoms with van der Waals surface area (Å²) < 4.78 is 19.0. The summed E-state index contributed by atoms with van der Waals surface area (Å²) in [7, 11) is 0. The van der Waals surface area contributed by atoms with Crippen LogP contribution in [0.1, 0.15) is 53.9 Å². The molecule has 5 heteroatoms. The van der Waals surface area contributed by atoms with Crippen LogP contribution in [0.15, 0.2) is 11.6 Å². The first-order valence-corrected chi connectivity index (χ1v) is 10.5. The maximum absolute atomic E-state index is 11.9. The Bertz CT molecular complexity index is 630. The van der Waals surface area contributed by atoms with E-state index in [9.17, 15) is 9.90 Å². The number of fused-ring (bicyclic) bond motifs is 2. The van der Waals surface area contributed by atoms with Gasteiger partial charge in [0.2, 0.25) is 0 Å². The van der Waals surface area contributed by atoms with Crippen LogP contribution >= 0.6 is 0 Å². The lowest BCUT2D eigenvalue weighted by Gasteiger charge is -2.46. The molecule has 3 fully saturated rings. The number of carbonyl (C=O) groups is 1. The van der Waals surface area contributed by atoms with Gasteiger partial charge in [-0.3, -0.25) is 4.79 Å².